The van der Waals surface area contributed by atoms with Gasteiger partial charge in [-0.05, 0) is 30.9 Å². The second-order valence-electron chi connectivity index (χ2n) is 7.07. The number of carbonyl (C=O) groups is 3. The number of hydrogen-bond acceptors (Lipinski definition) is 3. The van der Waals surface area contributed by atoms with Gasteiger partial charge >= 0.3 is 6.03 Å². The van der Waals surface area contributed by atoms with Crippen molar-refractivity contribution in [2.45, 2.75) is 45.1 Å². The molecule has 1 aliphatic carbocycles. The average molecular weight is 358 g/mol. The van der Waals surface area contributed by atoms with Crippen molar-refractivity contribution in [1.82, 2.24) is 10.6 Å². The van der Waals surface area contributed by atoms with Crippen molar-refractivity contribution in [3.05, 3.63) is 24.3 Å². The Morgan fingerprint density at radius 3 is 2.81 bits per heavy atom. The van der Waals surface area contributed by atoms with Gasteiger partial charge in [0.15, 0.2) is 0 Å². The van der Waals surface area contributed by atoms with Crippen LogP contribution in [0.25, 0.3) is 0 Å². The molecule has 0 unspecified atom stereocenters. The lowest BCUT2D eigenvalue weighted by Gasteiger charge is -2.30. The van der Waals surface area contributed by atoms with E-state index in [2.05, 4.69) is 22.9 Å². The van der Waals surface area contributed by atoms with E-state index >= 15 is 0 Å². The summed E-state index contributed by atoms with van der Waals surface area (Å²) in [4.78, 5) is 37.7. The monoisotopic (exact) mass is 358 g/mol. The highest BCUT2D eigenvalue weighted by molar-refractivity contribution is 6.09. The molecule has 2 atom stereocenters. The molecule has 2 aliphatic rings. The molecule has 0 radical (unpaired) electrons. The number of rotatable bonds is 4. The summed E-state index contributed by atoms with van der Waals surface area (Å²) in [6.07, 6.45) is 4.80. The third kappa shape index (κ3) is 4.33. The third-order valence-electron chi connectivity index (χ3n) is 5.10. The molecule has 4 amide bonds. The molecular weight excluding hydrogens is 332 g/mol. The van der Waals surface area contributed by atoms with E-state index < -0.39 is 0 Å². The van der Waals surface area contributed by atoms with Gasteiger partial charge in [-0.15, -0.1) is 0 Å². The first-order valence-electron chi connectivity index (χ1n) is 9.28. The Hall–Kier alpha value is -2.57. The summed E-state index contributed by atoms with van der Waals surface area (Å²) in [5, 5.41) is 8.56. The number of amides is 4. The Kier molecular flexibility index (Phi) is 5.75. The van der Waals surface area contributed by atoms with Crippen LogP contribution in [0.2, 0.25) is 0 Å². The fourth-order valence-electron chi connectivity index (χ4n) is 3.60. The van der Waals surface area contributed by atoms with Crippen LogP contribution in [-0.4, -0.2) is 37.0 Å². The van der Waals surface area contributed by atoms with Gasteiger partial charge in [0.2, 0.25) is 11.8 Å². The highest BCUT2D eigenvalue weighted by Gasteiger charge is 2.27. The van der Waals surface area contributed by atoms with Crippen LogP contribution in [0, 0.1) is 5.92 Å². The lowest BCUT2D eigenvalue weighted by atomic mass is 9.86. The Bertz CT molecular complexity index is 691. The second kappa shape index (κ2) is 8.21. The zero-order chi connectivity index (χ0) is 18.5. The molecule has 7 heteroatoms. The Morgan fingerprint density at radius 2 is 2.00 bits per heavy atom. The lowest BCUT2D eigenvalue weighted by Crippen LogP contribution is -2.48. The Morgan fingerprint density at radius 1 is 1.23 bits per heavy atom. The number of nitrogens with zero attached hydrogens (tertiary/aromatic N) is 1. The van der Waals surface area contributed by atoms with E-state index in [0.717, 1.165) is 19.3 Å². The van der Waals surface area contributed by atoms with E-state index in [-0.39, 0.29) is 43.4 Å². The van der Waals surface area contributed by atoms with Crippen molar-refractivity contribution in [1.29, 1.82) is 0 Å². The summed E-state index contributed by atoms with van der Waals surface area (Å²) in [6, 6.07) is 7.03. The zero-order valence-electron chi connectivity index (χ0n) is 15.1. The van der Waals surface area contributed by atoms with E-state index in [1.807, 2.05) is 6.07 Å². The minimum atomic E-state index is -0.369. The molecule has 26 heavy (non-hydrogen) atoms. The zero-order valence-corrected chi connectivity index (χ0v) is 15.1. The fourth-order valence-corrected chi connectivity index (χ4v) is 3.60. The predicted molar refractivity (Wildman–Crippen MR) is 100.0 cm³/mol. The van der Waals surface area contributed by atoms with Crippen molar-refractivity contribution in [2.24, 2.45) is 5.92 Å². The number of fused-ring (bicyclic) bond motifs is 1. The number of urea groups is 1. The number of benzene rings is 1. The standard InChI is InChI=1S/C19H26N4O3/c1-13-6-2-3-7-14(13)21-17(24)10-11-20-19(26)23-12-18(25)22-15-8-4-5-9-16(15)23/h4-5,8-9,13-14H,2-3,6-7,10-12H2,1H3,(H,20,26)(H,21,24)(H,22,25)/t13-,14+/m0/s1. The number of anilines is 2. The maximum absolute atomic E-state index is 12.4. The van der Waals surface area contributed by atoms with Crippen molar-refractivity contribution >= 4 is 29.2 Å². The van der Waals surface area contributed by atoms with E-state index in [1.165, 1.54) is 11.3 Å². The van der Waals surface area contributed by atoms with Crippen LogP contribution in [0.15, 0.2) is 24.3 Å². The molecule has 3 N–H and O–H groups in total. The smallest absolute Gasteiger partial charge is 0.322 e. The molecule has 0 saturated heterocycles. The van der Waals surface area contributed by atoms with Crippen LogP contribution in [0.1, 0.15) is 39.0 Å². The topological polar surface area (TPSA) is 90.5 Å². The van der Waals surface area contributed by atoms with Gasteiger partial charge in [0.1, 0.15) is 6.54 Å². The molecule has 1 saturated carbocycles. The molecule has 7 nitrogen and oxygen atoms in total. The summed E-state index contributed by atoms with van der Waals surface area (Å²) < 4.78 is 0. The summed E-state index contributed by atoms with van der Waals surface area (Å²) >= 11 is 0. The van der Waals surface area contributed by atoms with Gasteiger partial charge in [-0.2, -0.15) is 0 Å². The third-order valence-corrected chi connectivity index (χ3v) is 5.10. The minimum Gasteiger partial charge on any atom is -0.353 e. The molecule has 1 aromatic rings. The van der Waals surface area contributed by atoms with E-state index in [0.29, 0.717) is 17.3 Å². The Balaban J connectivity index is 1.48. The van der Waals surface area contributed by atoms with Gasteiger partial charge in [0, 0.05) is 19.0 Å². The van der Waals surface area contributed by atoms with Crippen LogP contribution in [-0.2, 0) is 9.59 Å². The van der Waals surface area contributed by atoms with Crippen molar-refractivity contribution in [3.8, 4) is 0 Å². The van der Waals surface area contributed by atoms with Crippen molar-refractivity contribution in [2.75, 3.05) is 23.3 Å². The summed E-state index contributed by atoms with van der Waals surface area (Å²) in [5.41, 5.74) is 1.27. The van der Waals surface area contributed by atoms with Gasteiger partial charge < -0.3 is 16.0 Å². The van der Waals surface area contributed by atoms with E-state index in [1.54, 1.807) is 18.2 Å². The highest BCUT2D eigenvalue weighted by Crippen LogP contribution is 2.28. The summed E-state index contributed by atoms with van der Waals surface area (Å²) in [7, 11) is 0. The highest BCUT2D eigenvalue weighted by atomic mass is 16.2. The van der Waals surface area contributed by atoms with Gasteiger partial charge in [-0.1, -0.05) is 31.9 Å². The van der Waals surface area contributed by atoms with Gasteiger partial charge in [-0.3, -0.25) is 14.5 Å². The quantitative estimate of drug-likeness (QED) is 0.771. The number of hydrogen-bond donors (Lipinski definition) is 3. The van der Waals surface area contributed by atoms with Gasteiger partial charge in [0.05, 0.1) is 11.4 Å². The number of para-hydroxylation sites is 2. The van der Waals surface area contributed by atoms with Crippen LogP contribution in [0.5, 0.6) is 0 Å². The molecule has 0 aromatic heterocycles. The molecule has 0 bridgehead atoms. The van der Waals surface area contributed by atoms with Crippen LogP contribution >= 0.6 is 0 Å². The average Bonchev–Trinajstić information content (AvgIpc) is 2.62. The second-order valence-corrected chi connectivity index (χ2v) is 7.07. The molecular formula is C19H26N4O3. The number of carbonyl (C=O) groups excluding carboxylic acids is 3. The first kappa shape index (κ1) is 18.2. The number of nitrogens with one attached hydrogen (secondary N) is 3. The van der Waals surface area contributed by atoms with Gasteiger partial charge in [0.25, 0.3) is 0 Å². The molecule has 140 valence electrons. The largest absolute Gasteiger partial charge is 0.353 e. The van der Waals surface area contributed by atoms with E-state index in [4.69, 9.17) is 0 Å². The van der Waals surface area contributed by atoms with Crippen LogP contribution in [0.3, 0.4) is 0 Å². The van der Waals surface area contributed by atoms with Crippen LogP contribution < -0.4 is 20.9 Å². The van der Waals surface area contributed by atoms with Gasteiger partial charge in [-0.25, -0.2) is 4.79 Å². The van der Waals surface area contributed by atoms with Crippen molar-refractivity contribution in [3.63, 3.8) is 0 Å². The maximum Gasteiger partial charge on any atom is 0.322 e. The molecule has 1 fully saturated rings. The lowest BCUT2D eigenvalue weighted by molar-refractivity contribution is -0.122. The minimum absolute atomic E-state index is 0.0331. The van der Waals surface area contributed by atoms with E-state index in [9.17, 15) is 14.4 Å². The van der Waals surface area contributed by atoms with Crippen LogP contribution in [0.4, 0.5) is 16.2 Å². The van der Waals surface area contributed by atoms with Crippen molar-refractivity contribution < 1.29 is 14.4 Å². The first-order chi connectivity index (χ1) is 12.5. The summed E-state index contributed by atoms with van der Waals surface area (Å²) in [6.45, 7) is 2.38. The fraction of sp³-hybridized carbons (Fsp3) is 0.526. The molecule has 1 aliphatic heterocycles. The molecule has 1 aromatic carbocycles. The SMILES string of the molecule is C[C@H]1CCCC[C@H]1NC(=O)CCNC(=O)N1CC(=O)Nc2ccccc21. The first-order valence-corrected chi connectivity index (χ1v) is 9.28. The molecule has 1 heterocycles. The molecule has 3 rings (SSSR count). The molecule has 0 spiro atoms. The normalized spacial score (nSPS) is 22.2. The predicted octanol–water partition coefficient (Wildman–Crippen LogP) is 2.24. The maximum atomic E-state index is 12.4. The summed E-state index contributed by atoms with van der Waals surface area (Å²) in [5.74, 6) is 0.231. The Labute approximate surface area is 153 Å².